The molecule has 0 spiro atoms. The Balaban J connectivity index is 1.42. The number of fused-ring (bicyclic) bond motifs is 2. The van der Waals surface area contributed by atoms with Crippen LogP contribution in [0.5, 0.6) is 11.5 Å². The number of rotatable bonds is 4. The van der Waals surface area contributed by atoms with E-state index in [0.29, 0.717) is 23.7 Å². The first-order chi connectivity index (χ1) is 11.7. The van der Waals surface area contributed by atoms with Crippen LogP contribution in [-0.2, 0) is 17.8 Å². The largest absolute Gasteiger partial charge is 0.454 e. The van der Waals surface area contributed by atoms with Crippen LogP contribution in [0.25, 0.3) is 10.9 Å². The summed E-state index contributed by atoms with van der Waals surface area (Å²) < 4.78 is 10.6. The number of aromatic nitrogens is 1. The molecule has 3 aromatic rings. The lowest BCUT2D eigenvalue weighted by Gasteiger charge is -2.06. The first kappa shape index (κ1) is 14.9. The molecule has 4 rings (SSSR count). The van der Waals surface area contributed by atoms with E-state index in [0.717, 1.165) is 27.8 Å². The maximum atomic E-state index is 12.2. The van der Waals surface area contributed by atoms with Crippen LogP contribution in [0, 0.1) is 0 Å². The molecule has 2 aromatic carbocycles. The normalized spacial score (nSPS) is 12.5. The third-order valence-electron chi connectivity index (χ3n) is 4.01. The van der Waals surface area contributed by atoms with Crippen molar-refractivity contribution in [3.05, 3.63) is 58.7 Å². The van der Waals surface area contributed by atoms with Gasteiger partial charge in [0.15, 0.2) is 11.5 Å². The second-order valence-corrected chi connectivity index (χ2v) is 6.08. The van der Waals surface area contributed by atoms with Gasteiger partial charge < -0.3 is 19.8 Å². The number of halogens is 1. The number of hydrogen-bond acceptors (Lipinski definition) is 3. The average Bonchev–Trinajstić information content (AvgIpc) is 3.19. The van der Waals surface area contributed by atoms with Crippen molar-refractivity contribution in [1.29, 1.82) is 0 Å². The van der Waals surface area contributed by atoms with Gasteiger partial charge in [-0.05, 0) is 41.5 Å². The Kier molecular flexibility index (Phi) is 3.78. The van der Waals surface area contributed by atoms with Crippen LogP contribution in [0.2, 0.25) is 5.02 Å². The van der Waals surface area contributed by atoms with Crippen molar-refractivity contribution in [2.75, 3.05) is 6.79 Å². The van der Waals surface area contributed by atoms with Gasteiger partial charge in [-0.2, -0.15) is 0 Å². The zero-order valence-corrected chi connectivity index (χ0v) is 13.5. The first-order valence-corrected chi connectivity index (χ1v) is 7.97. The second-order valence-electron chi connectivity index (χ2n) is 5.64. The Morgan fingerprint density at radius 3 is 2.96 bits per heavy atom. The smallest absolute Gasteiger partial charge is 0.231 e. The van der Waals surface area contributed by atoms with Gasteiger partial charge in [0, 0.05) is 28.7 Å². The molecule has 2 N–H and O–H groups in total. The quantitative estimate of drug-likeness (QED) is 0.763. The fourth-order valence-electron chi connectivity index (χ4n) is 2.78. The first-order valence-electron chi connectivity index (χ1n) is 7.60. The molecule has 0 saturated carbocycles. The summed E-state index contributed by atoms with van der Waals surface area (Å²) in [5, 5.41) is 4.56. The molecule has 24 heavy (non-hydrogen) atoms. The van der Waals surface area contributed by atoms with E-state index in [-0.39, 0.29) is 12.7 Å². The Hall–Kier alpha value is -2.66. The topological polar surface area (TPSA) is 63.4 Å². The van der Waals surface area contributed by atoms with Crippen LogP contribution in [0.15, 0.2) is 42.6 Å². The molecule has 0 aliphatic carbocycles. The molecule has 122 valence electrons. The zero-order chi connectivity index (χ0) is 16.5. The Bertz CT molecular complexity index is 920. The van der Waals surface area contributed by atoms with Crippen LogP contribution in [0.1, 0.15) is 11.1 Å². The molecule has 0 saturated heterocycles. The lowest BCUT2D eigenvalue weighted by molar-refractivity contribution is -0.120. The van der Waals surface area contributed by atoms with Gasteiger partial charge in [-0.1, -0.05) is 17.7 Å². The highest BCUT2D eigenvalue weighted by atomic mass is 35.5. The van der Waals surface area contributed by atoms with Crippen molar-refractivity contribution in [1.82, 2.24) is 10.3 Å². The van der Waals surface area contributed by atoms with E-state index in [1.165, 1.54) is 0 Å². The SMILES string of the molecule is O=C(Cc1c[nH]c2ccc(Cl)cc12)NCc1ccc2c(c1)OCO2. The number of nitrogens with one attached hydrogen (secondary N) is 2. The Morgan fingerprint density at radius 1 is 1.17 bits per heavy atom. The second kappa shape index (κ2) is 6.09. The van der Waals surface area contributed by atoms with Gasteiger partial charge >= 0.3 is 0 Å². The highest BCUT2D eigenvalue weighted by Gasteiger charge is 2.14. The van der Waals surface area contributed by atoms with Gasteiger partial charge in [0.05, 0.1) is 6.42 Å². The van der Waals surface area contributed by atoms with Gasteiger partial charge in [-0.15, -0.1) is 0 Å². The zero-order valence-electron chi connectivity index (χ0n) is 12.8. The number of ether oxygens (including phenoxy) is 2. The van der Waals surface area contributed by atoms with Gasteiger partial charge in [-0.3, -0.25) is 4.79 Å². The predicted octanol–water partition coefficient (Wildman–Crippen LogP) is 3.41. The molecular weight excluding hydrogens is 328 g/mol. The summed E-state index contributed by atoms with van der Waals surface area (Å²) in [5.41, 5.74) is 2.86. The molecule has 5 nitrogen and oxygen atoms in total. The third kappa shape index (κ3) is 2.90. The summed E-state index contributed by atoms with van der Waals surface area (Å²) >= 11 is 6.04. The van der Waals surface area contributed by atoms with E-state index in [9.17, 15) is 4.79 Å². The van der Waals surface area contributed by atoms with Crippen LogP contribution in [0.4, 0.5) is 0 Å². The van der Waals surface area contributed by atoms with Crippen LogP contribution >= 0.6 is 11.6 Å². The molecule has 6 heteroatoms. The Labute approximate surface area is 143 Å². The van der Waals surface area contributed by atoms with Crippen LogP contribution in [-0.4, -0.2) is 17.7 Å². The van der Waals surface area contributed by atoms with Crippen molar-refractivity contribution >= 4 is 28.4 Å². The number of amides is 1. The van der Waals surface area contributed by atoms with Gasteiger partial charge in [0.1, 0.15) is 0 Å². The van der Waals surface area contributed by atoms with Crippen molar-refractivity contribution in [2.45, 2.75) is 13.0 Å². The molecule has 2 heterocycles. The van der Waals surface area contributed by atoms with Gasteiger partial charge in [0.2, 0.25) is 12.7 Å². The summed E-state index contributed by atoms with van der Waals surface area (Å²) in [6.45, 7) is 0.687. The number of aromatic amines is 1. The molecule has 1 aliphatic heterocycles. The van der Waals surface area contributed by atoms with E-state index in [4.69, 9.17) is 21.1 Å². The number of benzene rings is 2. The third-order valence-corrected chi connectivity index (χ3v) is 4.24. The molecule has 1 amide bonds. The van der Waals surface area contributed by atoms with Crippen molar-refractivity contribution in [2.24, 2.45) is 0 Å². The Morgan fingerprint density at radius 2 is 2.04 bits per heavy atom. The number of carbonyl (C=O) groups is 1. The highest BCUT2D eigenvalue weighted by Crippen LogP contribution is 2.32. The van der Waals surface area contributed by atoms with Crippen molar-refractivity contribution in [3.8, 4) is 11.5 Å². The maximum Gasteiger partial charge on any atom is 0.231 e. The molecule has 0 atom stereocenters. The molecule has 1 aliphatic rings. The molecule has 1 aromatic heterocycles. The lowest BCUT2D eigenvalue weighted by atomic mass is 10.1. The van der Waals surface area contributed by atoms with Crippen LogP contribution < -0.4 is 14.8 Å². The van der Waals surface area contributed by atoms with Crippen molar-refractivity contribution < 1.29 is 14.3 Å². The summed E-state index contributed by atoms with van der Waals surface area (Å²) in [6, 6.07) is 11.3. The van der Waals surface area contributed by atoms with Crippen molar-refractivity contribution in [3.63, 3.8) is 0 Å². The molecule has 0 unspecified atom stereocenters. The van der Waals surface area contributed by atoms with E-state index in [2.05, 4.69) is 10.3 Å². The van der Waals surface area contributed by atoms with Gasteiger partial charge in [-0.25, -0.2) is 0 Å². The molecule has 0 bridgehead atoms. The van der Waals surface area contributed by atoms with E-state index < -0.39 is 0 Å². The number of carbonyl (C=O) groups excluding carboxylic acids is 1. The van der Waals surface area contributed by atoms with Crippen LogP contribution in [0.3, 0.4) is 0 Å². The monoisotopic (exact) mass is 342 g/mol. The molecule has 0 fully saturated rings. The fraction of sp³-hybridized carbons (Fsp3) is 0.167. The van der Waals surface area contributed by atoms with E-state index in [1.807, 2.05) is 42.6 Å². The minimum atomic E-state index is -0.0476. The summed E-state index contributed by atoms with van der Waals surface area (Å²) in [7, 11) is 0. The lowest BCUT2D eigenvalue weighted by Crippen LogP contribution is -2.24. The molecule has 0 radical (unpaired) electrons. The van der Waals surface area contributed by atoms with E-state index >= 15 is 0 Å². The highest BCUT2D eigenvalue weighted by molar-refractivity contribution is 6.31. The van der Waals surface area contributed by atoms with Gasteiger partial charge in [0.25, 0.3) is 0 Å². The number of H-pyrrole nitrogens is 1. The fourth-order valence-corrected chi connectivity index (χ4v) is 2.96. The number of hydrogen-bond donors (Lipinski definition) is 2. The standard InChI is InChI=1S/C18H15ClN2O3/c19-13-2-3-15-14(7-13)12(9-20-15)6-18(22)21-8-11-1-4-16-17(5-11)24-10-23-16/h1-5,7,9,20H,6,8,10H2,(H,21,22). The summed E-state index contributed by atoms with van der Waals surface area (Å²) in [4.78, 5) is 15.4. The van der Waals surface area contributed by atoms with E-state index in [1.54, 1.807) is 0 Å². The average molecular weight is 343 g/mol. The summed E-state index contributed by atoms with van der Waals surface area (Å²) in [6.07, 6.45) is 2.14. The molecular formula is C18H15ClN2O3. The minimum Gasteiger partial charge on any atom is -0.454 e. The minimum absolute atomic E-state index is 0.0476. The predicted molar refractivity (Wildman–Crippen MR) is 91.4 cm³/mol. The summed E-state index contributed by atoms with van der Waals surface area (Å²) in [5.74, 6) is 1.40. The maximum absolute atomic E-state index is 12.2.